The third-order valence-electron chi connectivity index (χ3n) is 5.36. The minimum atomic E-state index is 0. The Hall–Kier alpha value is 0.620. The van der Waals surface area contributed by atoms with Crippen molar-refractivity contribution in [2.24, 2.45) is 0 Å². The number of benzene rings is 1. The quantitative estimate of drug-likeness (QED) is 0.260. The predicted octanol–water partition coefficient (Wildman–Crippen LogP) is 8.05. The van der Waals surface area contributed by atoms with E-state index in [4.69, 9.17) is 0 Å². The van der Waals surface area contributed by atoms with Gasteiger partial charge in [0.25, 0.3) is 0 Å². The highest BCUT2D eigenvalue weighted by Crippen LogP contribution is 2.32. The first-order valence-electron chi connectivity index (χ1n) is 9.45. The highest BCUT2D eigenvalue weighted by Gasteiger charge is 2.31. The molecule has 1 aromatic carbocycles. The average Bonchev–Trinajstić information content (AvgIpc) is 2.53. The first kappa shape index (κ1) is 30.4. The van der Waals surface area contributed by atoms with Crippen LogP contribution in [0.5, 0.6) is 0 Å². The SMILES string of the molecule is Br.Br.Br.CCCC[N+](CCCC)(CCCC)c1ccc(C)c(C)c1C. The Labute approximate surface area is 188 Å². The first-order valence-corrected chi connectivity index (χ1v) is 9.45. The Morgan fingerprint density at radius 1 is 0.640 bits per heavy atom. The van der Waals surface area contributed by atoms with Crippen LogP contribution in [0.15, 0.2) is 12.1 Å². The van der Waals surface area contributed by atoms with Crippen molar-refractivity contribution in [1.82, 2.24) is 4.48 Å². The van der Waals surface area contributed by atoms with Crippen LogP contribution in [-0.4, -0.2) is 19.6 Å². The number of hydrogen-bond acceptors (Lipinski definition) is 0. The molecule has 0 aromatic heterocycles. The van der Waals surface area contributed by atoms with Gasteiger partial charge in [-0.05, 0) is 57.2 Å². The lowest BCUT2D eigenvalue weighted by Crippen LogP contribution is -2.52. The van der Waals surface area contributed by atoms with E-state index in [1.54, 1.807) is 5.69 Å². The largest absolute Gasteiger partial charge is 0.291 e. The second-order valence-corrected chi connectivity index (χ2v) is 7.03. The van der Waals surface area contributed by atoms with Gasteiger partial charge < -0.3 is 0 Å². The molecular weight excluding hydrogens is 506 g/mol. The molecule has 0 heterocycles. The fourth-order valence-corrected chi connectivity index (χ4v) is 3.53. The highest BCUT2D eigenvalue weighted by molar-refractivity contribution is 8.93. The maximum atomic E-state index is 2.43. The summed E-state index contributed by atoms with van der Waals surface area (Å²) in [6, 6.07) is 4.77. The molecule has 1 nitrogen and oxygen atoms in total. The predicted molar refractivity (Wildman–Crippen MR) is 133 cm³/mol. The van der Waals surface area contributed by atoms with Crippen LogP contribution in [0.2, 0.25) is 0 Å². The van der Waals surface area contributed by atoms with E-state index in [-0.39, 0.29) is 50.9 Å². The monoisotopic (exact) mass is 544 g/mol. The number of rotatable bonds is 10. The van der Waals surface area contributed by atoms with Crippen LogP contribution in [0, 0.1) is 20.8 Å². The third kappa shape index (κ3) is 8.45. The lowest BCUT2D eigenvalue weighted by Gasteiger charge is -2.40. The van der Waals surface area contributed by atoms with Crippen LogP contribution in [0.1, 0.15) is 76.0 Å². The summed E-state index contributed by atoms with van der Waals surface area (Å²) in [5.74, 6) is 0. The molecule has 0 aliphatic rings. The topological polar surface area (TPSA) is 0 Å². The van der Waals surface area contributed by atoms with Crippen molar-refractivity contribution in [2.75, 3.05) is 19.6 Å². The van der Waals surface area contributed by atoms with Crippen LogP contribution in [-0.2, 0) is 0 Å². The molecule has 0 bridgehead atoms. The van der Waals surface area contributed by atoms with Gasteiger partial charge in [-0.15, -0.1) is 50.9 Å². The van der Waals surface area contributed by atoms with Gasteiger partial charge in [-0.1, -0.05) is 46.1 Å². The van der Waals surface area contributed by atoms with Crippen molar-refractivity contribution in [3.05, 3.63) is 28.8 Å². The highest BCUT2D eigenvalue weighted by atomic mass is 79.9. The van der Waals surface area contributed by atoms with E-state index in [1.165, 1.54) is 79.3 Å². The Kier molecular flexibility index (Phi) is 19.0. The van der Waals surface area contributed by atoms with Crippen LogP contribution >= 0.6 is 50.9 Å². The molecule has 0 atom stereocenters. The molecule has 0 amide bonds. The Morgan fingerprint density at radius 2 is 1.04 bits per heavy atom. The minimum Gasteiger partial charge on any atom is -0.291 e. The Balaban J connectivity index is -0.00000161. The molecule has 0 spiro atoms. The van der Waals surface area contributed by atoms with Gasteiger partial charge in [0.15, 0.2) is 0 Å². The molecule has 0 aliphatic heterocycles. The fraction of sp³-hybridized carbons (Fsp3) is 0.714. The summed E-state index contributed by atoms with van der Waals surface area (Å²) in [5.41, 5.74) is 6.05. The molecule has 0 radical (unpaired) electrons. The summed E-state index contributed by atoms with van der Waals surface area (Å²) in [7, 11) is 0. The zero-order valence-corrected chi connectivity index (χ0v) is 22.3. The van der Waals surface area contributed by atoms with Gasteiger partial charge in [-0.25, -0.2) is 0 Å². The second-order valence-electron chi connectivity index (χ2n) is 7.03. The van der Waals surface area contributed by atoms with E-state index in [2.05, 4.69) is 53.7 Å². The molecular formula is C21H41Br3N+. The molecule has 1 aromatic rings. The minimum absolute atomic E-state index is 0. The Morgan fingerprint density at radius 3 is 1.40 bits per heavy atom. The third-order valence-corrected chi connectivity index (χ3v) is 5.36. The smallest absolute Gasteiger partial charge is 0.136 e. The fourth-order valence-electron chi connectivity index (χ4n) is 3.53. The van der Waals surface area contributed by atoms with Gasteiger partial charge >= 0.3 is 0 Å². The molecule has 25 heavy (non-hydrogen) atoms. The van der Waals surface area contributed by atoms with Gasteiger partial charge in [0.1, 0.15) is 5.69 Å². The van der Waals surface area contributed by atoms with Crippen molar-refractivity contribution in [2.45, 2.75) is 80.1 Å². The first-order chi connectivity index (χ1) is 10.5. The molecule has 1 rings (SSSR count). The number of quaternary nitrogens is 1. The molecule has 0 saturated heterocycles. The van der Waals surface area contributed by atoms with Gasteiger partial charge in [0.05, 0.1) is 19.6 Å². The zero-order valence-electron chi connectivity index (χ0n) is 17.2. The molecule has 0 saturated carbocycles. The normalized spacial score (nSPS) is 10.5. The summed E-state index contributed by atoms with van der Waals surface area (Å²) in [5, 5.41) is 0. The van der Waals surface area contributed by atoms with E-state index >= 15 is 0 Å². The molecule has 0 fully saturated rings. The van der Waals surface area contributed by atoms with Crippen molar-refractivity contribution >= 4 is 56.6 Å². The van der Waals surface area contributed by atoms with Crippen molar-refractivity contribution < 1.29 is 0 Å². The number of aryl methyl sites for hydroxylation is 1. The summed E-state index contributed by atoms with van der Waals surface area (Å²) >= 11 is 0. The average molecular weight is 547 g/mol. The van der Waals surface area contributed by atoms with Crippen LogP contribution in [0.3, 0.4) is 0 Å². The summed E-state index contributed by atoms with van der Waals surface area (Å²) in [6.07, 6.45) is 7.88. The van der Waals surface area contributed by atoms with Gasteiger partial charge in [0, 0.05) is 5.56 Å². The van der Waals surface area contributed by atoms with E-state index in [9.17, 15) is 0 Å². The van der Waals surface area contributed by atoms with E-state index in [1.807, 2.05) is 0 Å². The number of hydrogen-bond donors (Lipinski definition) is 0. The lowest BCUT2D eigenvalue weighted by atomic mass is 9.99. The zero-order chi connectivity index (χ0) is 16.6. The lowest BCUT2D eigenvalue weighted by molar-refractivity contribution is 0.258. The number of halogens is 3. The molecule has 4 heteroatoms. The Bertz CT molecular complexity index is 439. The van der Waals surface area contributed by atoms with E-state index < -0.39 is 0 Å². The van der Waals surface area contributed by atoms with Crippen molar-refractivity contribution in [1.29, 1.82) is 0 Å². The van der Waals surface area contributed by atoms with Crippen molar-refractivity contribution in [3.8, 4) is 0 Å². The maximum Gasteiger partial charge on any atom is 0.136 e. The van der Waals surface area contributed by atoms with Gasteiger partial charge in [0.2, 0.25) is 0 Å². The summed E-state index contributed by atoms with van der Waals surface area (Å²) in [6.45, 7) is 17.8. The summed E-state index contributed by atoms with van der Waals surface area (Å²) < 4.78 is 1.21. The van der Waals surface area contributed by atoms with E-state index in [0.29, 0.717) is 0 Å². The molecule has 0 unspecified atom stereocenters. The van der Waals surface area contributed by atoms with Gasteiger partial charge in [-0.2, -0.15) is 0 Å². The van der Waals surface area contributed by atoms with Crippen LogP contribution in [0.4, 0.5) is 5.69 Å². The molecule has 150 valence electrons. The molecule has 0 N–H and O–H groups in total. The standard InChI is InChI=1S/C21H38N.3BrH/c1-7-10-15-22(16-11-8-2,17-12-9-3)21-14-13-18(4)19(5)20(21)6;;;/h13-14H,7-12,15-17H2,1-6H3;3*1H/q+1;;;. The van der Waals surface area contributed by atoms with E-state index in [0.717, 1.165) is 0 Å². The summed E-state index contributed by atoms with van der Waals surface area (Å²) in [4.78, 5) is 0. The molecule has 0 aliphatic carbocycles. The maximum absolute atomic E-state index is 2.43. The second kappa shape index (κ2) is 15.7. The van der Waals surface area contributed by atoms with Crippen LogP contribution < -0.4 is 4.48 Å². The van der Waals surface area contributed by atoms with Gasteiger partial charge in [-0.3, -0.25) is 4.48 Å². The van der Waals surface area contributed by atoms with Crippen LogP contribution in [0.25, 0.3) is 0 Å². The number of nitrogens with zero attached hydrogens (tertiary/aromatic N) is 1. The van der Waals surface area contributed by atoms with Crippen molar-refractivity contribution in [3.63, 3.8) is 0 Å². The number of unbranched alkanes of at least 4 members (excludes halogenated alkanes) is 3.